The quantitative estimate of drug-likeness (QED) is 0.493. The molecule has 1 aromatic rings. The Hall–Kier alpha value is -2.15. The standard InChI is InChI=1S/C16H23N3O4/c1-12-5-8-18(9-6-12)15-4-3-13(19(21)22)11-14(15)16(20)17-7-10-23-2/h3-4,11-12H,5-10H2,1-2H3,(H,17,20). The van der Waals surface area contributed by atoms with E-state index in [-0.39, 0.29) is 11.6 Å². The normalized spacial score (nSPS) is 15.5. The van der Waals surface area contributed by atoms with Crippen molar-refractivity contribution in [2.75, 3.05) is 38.3 Å². The molecule has 1 heterocycles. The van der Waals surface area contributed by atoms with Gasteiger partial charge in [-0.25, -0.2) is 0 Å². The number of methoxy groups -OCH3 is 1. The highest BCUT2D eigenvalue weighted by Crippen LogP contribution is 2.29. The lowest BCUT2D eigenvalue weighted by Crippen LogP contribution is -2.35. The summed E-state index contributed by atoms with van der Waals surface area (Å²) in [6.07, 6.45) is 2.11. The van der Waals surface area contributed by atoms with Crippen LogP contribution in [0.5, 0.6) is 0 Å². The number of hydrogen-bond donors (Lipinski definition) is 1. The number of ether oxygens (including phenoxy) is 1. The molecule has 0 radical (unpaired) electrons. The van der Waals surface area contributed by atoms with Crippen molar-refractivity contribution in [2.24, 2.45) is 5.92 Å². The molecule has 0 bridgehead atoms. The number of hydrogen-bond acceptors (Lipinski definition) is 5. The zero-order valence-electron chi connectivity index (χ0n) is 13.6. The van der Waals surface area contributed by atoms with Crippen LogP contribution in [0.3, 0.4) is 0 Å². The van der Waals surface area contributed by atoms with Gasteiger partial charge in [0.2, 0.25) is 0 Å². The Bertz CT molecular complexity index is 568. The molecule has 1 aliphatic rings. The van der Waals surface area contributed by atoms with Crippen molar-refractivity contribution in [2.45, 2.75) is 19.8 Å². The van der Waals surface area contributed by atoms with E-state index in [2.05, 4.69) is 17.1 Å². The molecule has 1 amide bonds. The Balaban J connectivity index is 2.25. The molecule has 7 nitrogen and oxygen atoms in total. The molecule has 1 aromatic carbocycles. The summed E-state index contributed by atoms with van der Waals surface area (Å²) in [5.41, 5.74) is 1.04. The van der Waals surface area contributed by atoms with Crippen molar-refractivity contribution < 1.29 is 14.5 Å². The average molecular weight is 321 g/mol. The molecule has 126 valence electrons. The Morgan fingerprint density at radius 3 is 2.74 bits per heavy atom. The molecule has 23 heavy (non-hydrogen) atoms. The van der Waals surface area contributed by atoms with Gasteiger partial charge in [-0.05, 0) is 24.8 Å². The number of amides is 1. The van der Waals surface area contributed by atoms with Gasteiger partial charge in [-0.15, -0.1) is 0 Å². The van der Waals surface area contributed by atoms with Gasteiger partial charge >= 0.3 is 0 Å². The number of benzene rings is 1. The van der Waals surface area contributed by atoms with E-state index in [4.69, 9.17) is 4.74 Å². The van der Waals surface area contributed by atoms with Crippen molar-refractivity contribution in [3.05, 3.63) is 33.9 Å². The van der Waals surface area contributed by atoms with Crippen LogP contribution in [0.1, 0.15) is 30.1 Å². The first-order valence-corrected chi connectivity index (χ1v) is 7.83. The van der Waals surface area contributed by atoms with Crippen molar-refractivity contribution >= 4 is 17.3 Å². The SMILES string of the molecule is COCCNC(=O)c1cc([N+](=O)[O-])ccc1N1CCC(C)CC1. The van der Waals surface area contributed by atoms with E-state index in [0.717, 1.165) is 31.6 Å². The van der Waals surface area contributed by atoms with Gasteiger partial charge in [0, 0.05) is 38.9 Å². The highest BCUT2D eigenvalue weighted by molar-refractivity contribution is 6.00. The van der Waals surface area contributed by atoms with Crippen LogP contribution in [0.15, 0.2) is 18.2 Å². The van der Waals surface area contributed by atoms with E-state index in [1.54, 1.807) is 13.2 Å². The number of nitrogens with zero attached hydrogens (tertiary/aromatic N) is 2. The van der Waals surface area contributed by atoms with Crippen LogP contribution >= 0.6 is 0 Å². The van der Waals surface area contributed by atoms with Gasteiger partial charge in [-0.2, -0.15) is 0 Å². The maximum absolute atomic E-state index is 12.4. The van der Waals surface area contributed by atoms with Gasteiger partial charge in [0.15, 0.2) is 0 Å². The van der Waals surface area contributed by atoms with Gasteiger partial charge < -0.3 is 15.0 Å². The lowest BCUT2D eigenvalue weighted by Gasteiger charge is -2.33. The highest BCUT2D eigenvalue weighted by atomic mass is 16.6. The topological polar surface area (TPSA) is 84.7 Å². The Kier molecular flexibility index (Phi) is 5.92. The number of anilines is 1. The predicted molar refractivity (Wildman–Crippen MR) is 87.9 cm³/mol. The summed E-state index contributed by atoms with van der Waals surface area (Å²) in [6.45, 7) is 4.70. The van der Waals surface area contributed by atoms with Crippen molar-refractivity contribution in [1.82, 2.24) is 5.32 Å². The molecule has 1 N–H and O–H groups in total. The molecule has 1 aliphatic heterocycles. The zero-order chi connectivity index (χ0) is 16.8. The summed E-state index contributed by atoms with van der Waals surface area (Å²) in [4.78, 5) is 25.1. The van der Waals surface area contributed by atoms with E-state index in [1.165, 1.54) is 12.1 Å². The molecule has 0 atom stereocenters. The van der Waals surface area contributed by atoms with Crippen LogP contribution in [0.25, 0.3) is 0 Å². The molecule has 0 unspecified atom stereocenters. The second-order valence-corrected chi connectivity index (χ2v) is 5.88. The largest absolute Gasteiger partial charge is 0.383 e. The summed E-state index contributed by atoms with van der Waals surface area (Å²) < 4.78 is 4.92. The number of nitrogens with one attached hydrogen (secondary N) is 1. The van der Waals surface area contributed by atoms with Crippen molar-refractivity contribution in [1.29, 1.82) is 0 Å². The number of rotatable bonds is 6. The van der Waals surface area contributed by atoms with Crippen molar-refractivity contribution in [3.8, 4) is 0 Å². The van der Waals surface area contributed by atoms with Crippen LogP contribution in [0.2, 0.25) is 0 Å². The van der Waals surface area contributed by atoms with Crippen LogP contribution in [0.4, 0.5) is 11.4 Å². The molecule has 0 saturated carbocycles. The highest BCUT2D eigenvalue weighted by Gasteiger charge is 2.23. The van der Waals surface area contributed by atoms with Crippen LogP contribution in [-0.4, -0.2) is 44.2 Å². The van der Waals surface area contributed by atoms with Crippen LogP contribution in [0, 0.1) is 16.0 Å². The molecule has 0 aliphatic carbocycles. The third-order valence-electron chi connectivity index (χ3n) is 4.15. The summed E-state index contributed by atoms with van der Waals surface area (Å²) in [6, 6.07) is 4.49. The Labute approximate surface area is 135 Å². The lowest BCUT2D eigenvalue weighted by molar-refractivity contribution is -0.384. The van der Waals surface area contributed by atoms with Crippen LogP contribution < -0.4 is 10.2 Å². The molecular weight excluding hydrogens is 298 g/mol. The summed E-state index contributed by atoms with van der Waals surface area (Å²) in [7, 11) is 1.56. The summed E-state index contributed by atoms with van der Waals surface area (Å²) in [5, 5.41) is 13.7. The second kappa shape index (κ2) is 7.92. The van der Waals surface area contributed by atoms with Crippen LogP contribution in [-0.2, 0) is 4.74 Å². The monoisotopic (exact) mass is 321 g/mol. The second-order valence-electron chi connectivity index (χ2n) is 5.88. The first-order valence-electron chi connectivity index (χ1n) is 7.83. The van der Waals surface area contributed by atoms with E-state index >= 15 is 0 Å². The molecule has 7 heteroatoms. The number of piperidine rings is 1. The molecule has 0 aromatic heterocycles. The minimum Gasteiger partial charge on any atom is -0.383 e. The third-order valence-corrected chi connectivity index (χ3v) is 4.15. The number of non-ortho nitro benzene ring substituents is 1. The number of carbonyl (C=O) groups excluding carboxylic acids is 1. The zero-order valence-corrected chi connectivity index (χ0v) is 13.6. The van der Waals surface area contributed by atoms with Crippen molar-refractivity contribution in [3.63, 3.8) is 0 Å². The Morgan fingerprint density at radius 2 is 2.13 bits per heavy atom. The maximum atomic E-state index is 12.4. The van der Waals surface area contributed by atoms with E-state index in [9.17, 15) is 14.9 Å². The minimum atomic E-state index is -0.478. The number of nitro benzene ring substituents is 1. The average Bonchev–Trinajstić information content (AvgIpc) is 2.55. The maximum Gasteiger partial charge on any atom is 0.270 e. The fourth-order valence-electron chi connectivity index (χ4n) is 2.71. The molecule has 1 fully saturated rings. The Morgan fingerprint density at radius 1 is 1.43 bits per heavy atom. The number of carbonyl (C=O) groups is 1. The smallest absolute Gasteiger partial charge is 0.270 e. The molecule has 0 spiro atoms. The van der Waals surface area contributed by atoms with Gasteiger partial charge in [0.05, 0.1) is 22.8 Å². The minimum absolute atomic E-state index is 0.0731. The van der Waals surface area contributed by atoms with Gasteiger partial charge in [0.25, 0.3) is 11.6 Å². The molecular formula is C16H23N3O4. The summed E-state index contributed by atoms with van der Waals surface area (Å²) >= 11 is 0. The first-order chi connectivity index (χ1) is 11.0. The molecule has 1 saturated heterocycles. The third kappa shape index (κ3) is 4.41. The fourth-order valence-corrected chi connectivity index (χ4v) is 2.71. The number of nitro groups is 1. The predicted octanol–water partition coefficient (Wildman–Crippen LogP) is 2.21. The fraction of sp³-hybridized carbons (Fsp3) is 0.562. The first kappa shape index (κ1) is 17.2. The summed E-state index contributed by atoms with van der Waals surface area (Å²) in [5.74, 6) is 0.364. The van der Waals surface area contributed by atoms with E-state index < -0.39 is 4.92 Å². The lowest BCUT2D eigenvalue weighted by atomic mass is 9.98. The van der Waals surface area contributed by atoms with E-state index in [0.29, 0.717) is 24.6 Å². The molecule has 2 rings (SSSR count). The van der Waals surface area contributed by atoms with Gasteiger partial charge in [-0.1, -0.05) is 6.92 Å². The van der Waals surface area contributed by atoms with Gasteiger partial charge in [0.1, 0.15) is 0 Å². The van der Waals surface area contributed by atoms with E-state index in [1.807, 2.05) is 0 Å². The van der Waals surface area contributed by atoms with Gasteiger partial charge in [-0.3, -0.25) is 14.9 Å².